The van der Waals surface area contributed by atoms with Crippen molar-refractivity contribution in [1.29, 1.82) is 0 Å². The van der Waals surface area contributed by atoms with Gasteiger partial charge in [-0.1, -0.05) is 55.1 Å². The van der Waals surface area contributed by atoms with Gasteiger partial charge in [0, 0.05) is 12.3 Å². The lowest BCUT2D eigenvalue weighted by molar-refractivity contribution is -0.156. The molecule has 1 N–H and O–H groups in total. The third-order valence-electron chi connectivity index (χ3n) is 6.44. The standard InChI is InChI=1S/C29H31NO8/c1-5-29(2,3)38-26(31)23(14-15-25-35-17-24(37-25)27(32)34-4)30-28(33)36-16-22-20-12-8-6-10-18(20)19-11-7-9-13-21(19)22/h5-13,17,22-23,25H,1,14-16H2,2-4H3,(H,30,33)/t23-,25-/m0/s1. The van der Waals surface area contributed by atoms with Crippen LogP contribution in [0.2, 0.25) is 0 Å². The summed E-state index contributed by atoms with van der Waals surface area (Å²) in [6.07, 6.45) is 1.34. The van der Waals surface area contributed by atoms with Crippen molar-refractivity contribution in [3.63, 3.8) is 0 Å². The molecule has 0 radical (unpaired) electrons. The predicted octanol–water partition coefficient (Wildman–Crippen LogP) is 4.57. The van der Waals surface area contributed by atoms with E-state index >= 15 is 0 Å². The molecule has 2 aromatic rings. The zero-order valence-electron chi connectivity index (χ0n) is 21.6. The molecule has 9 heteroatoms. The molecule has 2 atom stereocenters. The number of esters is 2. The van der Waals surface area contributed by atoms with Gasteiger partial charge < -0.3 is 29.0 Å². The fourth-order valence-electron chi connectivity index (χ4n) is 4.36. The minimum atomic E-state index is -1.06. The average molecular weight is 522 g/mol. The maximum atomic E-state index is 13.0. The van der Waals surface area contributed by atoms with Gasteiger partial charge in [-0.25, -0.2) is 14.4 Å². The zero-order valence-corrected chi connectivity index (χ0v) is 21.6. The van der Waals surface area contributed by atoms with Crippen LogP contribution in [0.15, 0.2) is 73.2 Å². The van der Waals surface area contributed by atoms with Crippen molar-refractivity contribution in [2.24, 2.45) is 0 Å². The molecule has 1 amide bonds. The minimum absolute atomic E-state index is 0.0751. The number of nitrogens with one attached hydrogen (secondary N) is 1. The van der Waals surface area contributed by atoms with Crippen LogP contribution in [0.5, 0.6) is 0 Å². The lowest BCUT2D eigenvalue weighted by Gasteiger charge is -2.25. The van der Waals surface area contributed by atoms with Crippen molar-refractivity contribution in [2.75, 3.05) is 13.7 Å². The Balaban J connectivity index is 1.40. The maximum absolute atomic E-state index is 13.0. The van der Waals surface area contributed by atoms with Crippen molar-refractivity contribution in [3.05, 3.63) is 84.3 Å². The molecular weight excluding hydrogens is 490 g/mol. The van der Waals surface area contributed by atoms with Crippen molar-refractivity contribution in [2.45, 2.75) is 50.5 Å². The topological polar surface area (TPSA) is 109 Å². The van der Waals surface area contributed by atoms with Gasteiger partial charge in [0.1, 0.15) is 24.5 Å². The SMILES string of the molecule is C=CC(C)(C)OC(=O)[C@H](CC[C@H]1OC=C(C(=O)OC)O1)NC(=O)OCC1c2ccccc2-c2ccccc21. The number of carbonyl (C=O) groups is 3. The predicted molar refractivity (Wildman–Crippen MR) is 138 cm³/mol. The van der Waals surface area contributed by atoms with E-state index in [4.69, 9.17) is 18.9 Å². The fraction of sp³-hybridized carbons (Fsp3) is 0.345. The van der Waals surface area contributed by atoms with Crippen LogP contribution in [0, 0.1) is 0 Å². The third-order valence-corrected chi connectivity index (χ3v) is 6.44. The smallest absolute Gasteiger partial charge is 0.407 e. The summed E-state index contributed by atoms with van der Waals surface area (Å²) in [7, 11) is 1.23. The monoisotopic (exact) mass is 521 g/mol. The molecule has 1 heterocycles. The summed E-state index contributed by atoms with van der Waals surface area (Å²) in [4.78, 5) is 37.4. The van der Waals surface area contributed by atoms with E-state index in [9.17, 15) is 14.4 Å². The Bertz CT molecular complexity index is 1210. The molecule has 0 spiro atoms. The third kappa shape index (κ3) is 5.99. The first-order chi connectivity index (χ1) is 18.2. The lowest BCUT2D eigenvalue weighted by Crippen LogP contribution is -2.45. The van der Waals surface area contributed by atoms with Gasteiger partial charge in [-0.15, -0.1) is 0 Å². The van der Waals surface area contributed by atoms with E-state index in [0.29, 0.717) is 0 Å². The number of methoxy groups -OCH3 is 1. The second kappa shape index (κ2) is 11.4. The molecule has 0 fully saturated rings. The number of ether oxygens (including phenoxy) is 5. The number of hydrogen-bond donors (Lipinski definition) is 1. The highest BCUT2D eigenvalue weighted by Gasteiger charge is 2.33. The van der Waals surface area contributed by atoms with Crippen LogP contribution >= 0.6 is 0 Å². The normalized spacial score (nSPS) is 16.6. The Labute approximate surface area is 221 Å². The minimum Gasteiger partial charge on any atom is -0.463 e. The van der Waals surface area contributed by atoms with Gasteiger partial charge >= 0.3 is 18.0 Å². The summed E-state index contributed by atoms with van der Waals surface area (Å²) in [6.45, 7) is 7.13. The second-order valence-corrected chi connectivity index (χ2v) is 9.49. The highest BCUT2D eigenvalue weighted by molar-refractivity contribution is 5.86. The summed E-state index contributed by atoms with van der Waals surface area (Å²) in [5.74, 6) is -1.54. The molecule has 1 aliphatic heterocycles. The lowest BCUT2D eigenvalue weighted by atomic mass is 9.98. The van der Waals surface area contributed by atoms with Crippen LogP contribution in [0.1, 0.15) is 43.7 Å². The molecule has 4 rings (SSSR count). The molecule has 0 saturated carbocycles. The Morgan fingerprint density at radius 3 is 2.32 bits per heavy atom. The van der Waals surface area contributed by atoms with Gasteiger partial charge in [-0.3, -0.25) is 0 Å². The van der Waals surface area contributed by atoms with Gasteiger partial charge in [-0.2, -0.15) is 0 Å². The van der Waals surface area contributed by atoms with Crippen LogP contribution in [0.25, 0.3) is 11.1 Å². The molecule has 1 aliphatic carbocycles. The number of hydrogen-bond acceptors (Lipinski definition) is 8. The zero-order chi connectivity index (χ0) is 27.3. The quantitative estimate of drug-likeness (QED) is 0.275. The van der Waals surface area contributed by atoms with E-state index in [0.717, 1.165) is 28.5 Å². The van der Waals surface area contributed by atoms with Crippen LogP contribution < -0.4 is 5.32 Å². The first-order valence-corrected chi connectivity index (χ1v) is 12.3. The molecular formula is C29H31NO8. The van der Waals surface area contributed by atoms with Crippen molar-refractivity contribution >= 4 is 18.0 Å². The summed E-state index contributed by atoms with van der Waals surface area (Å²) in [5.41, 5.74) is 3.44. The largest absolute Gasteiger partial charge is 0.463 e. The molecule has 0 saturated heterocycles. The first kappa shape index (κ1) is 26.8. The average Bonchev–Trinajstić information content (AvgIpc) is 3.52. The second-order valence-electron chi connectivity index (χ2n) is 9.49. The van der Waals surface area contributed by atoms with E-state index in [-0.39, 0.29) is 31.1 Å². The molecule has 0 unspecified atom stereocenters. The van der Waals surface area contributed by atoms with Gasteiger partial charge in [0.25, 0.3) is 0 Å². The number of alkyl carbamates (subject to hydrolysis) is 1. The number of rotatable bonds is 10. The Kier molecular flexibility index (Phi) is 8.05. The fourth-order valence-corrected chi connectivity index (χ4v) is 4.36. The number of fused-ring (bicyclic) bond motifs is 3. The Morgan fingerprint density at radius 2 is 1.71 bits per heavy atom. The molecule has 38 heavy (non-hydrogen) atoms. The van der Waals surface area contributed by atoms with Crippen LogP contribution in [-0.2, 0) is 33.3 Å². The summed E-state index contributed by atoms with van der Waals surface area (Å²) in [6, 6.07) is 15.0. The van der Waals surface area contributed by atoms with Gasteiger partial charge in [0.05, 0.1) is 7.11 Å². The van der Waals surface area contributed by atoms with Crippen molar-refractivity contribution in [1.82, 2.24) is 5.32 Å². The van der Waals surface area contributed by atoms with Gasteiger partial charge in [0.2, 0.25) is 12.0 Å². The molecule has 2 aliphatic rings. The van der Waals surface area contributed by atoms with E-state index in [2.05, 4.69) is 28.8 Å². The van der Waals surface area contributed by atoms with E-state index < -0.39 is 36.0 Å². The summed E-state index contributed by atoms with van der Waals surface area (Å²) < 4.78 is 26.5. The van der Waals surface area contributed by atoms with E-state index in [1.807, 2.05) is 36.4 Å². The van der Waals surface area contributed by atoms with Gasteiger partial charge in [-0.05, 0) is 48.6 Å². The number of carbonyl (C=O) groups excluding carboxylic acids is 3. The van der Waals surface area contributed by atoms with E-state index in [1.165, 1.54) is 13.2 Å². The van der Waals surface area contributed by atoms with Crippen LogP contribution in [0.3, 0.4) is 0 Å². The number of benzene rings is 2. The summed E-state index contributed by atoms with van der Waals surface area (Å²) in [5, 5.41) is 2.61. The molecule has 2 aromatic carbocycles. The van der Waals surface area contributed by atoms with Crippen LogP contribution in [0.4, 0.5) is 4.79 Å². The number of amides is 1. The molecule has 0 bridgehead atoms. The van der Waals surface area contributed by atoms with Crippen molar-refractivity contribution in [3.8, 4) is 11.1 Å². The van der Waals surface area contributed by atoms with Gasteiger partial charge in [0.15, 0.2) is 0 Å². The summed E-state index contributed by atoms with van der Waals surface area (Å²) >= 11 is 0. The maximum Gasteiger partial charge on any atom is 0.407 e. The Morgan fingerprint density at radius 1 is 1.08 bits per heavy atom. The van der Waals surface area contributed by atoms with Crippen molar-refractivity contribution < 1.29 is 38.1 Å². The van der Waals surface area contributed by atoms with E-state index in [1.54, 1.807) is 13.8 Å². The molecule has 9 nitrogen and oxygen atoms in total. The highest BCUT2D eigenvalue weighted by Crippen LogP contribution is 2.44. The molecule has 200 valence electrons. The Hall–Kier alpha value is -4.27. The van der Waals surface area contributed by atoms with Crippen LogP contribution in [-0.4, -0.2) is 49.7 Å². The highest BCUT2D eigenvalue weighted by atomic mass is 16.7. The molecule has 0 aromatic heterocycles. The first-order valence-electron chi connectivity index (χ1n) is 12.3.